The molecule has 0 fully saturated rings. The number of rotatable bonds is 4. The Kier molecular flexibility index (Phi) is 5.37. The largest absolute Gasteiger partial charge is 2.00 e. The van der Waals surface area contributed by atoms with Gasteiger partial charge < -0.3 is 8.83 Å². The van der Waals surface area contributed by atoms with Crippen LogP contribution in [0, 0.1) is 12.1 Å². The molecule has 6 aromatic rings. The van der Waals surface area contributed by atoms with E-state index in [0.29, 0.717) is 6.42 Å². The van der Waals surface area contributed by atoms with Gasteiger partial charge in [0.2, 0.25) is 0 Å². The van der Waals surface area contributed by atoms with Crippen LogP contribution in [-0.2, 0) is 27.5 Å². The molecular formula is C25H14N4O2Pt. The van der Waals surface area contributed by atoms with E-state index in [4.69, 9.17) is 8.83 Å². The molecule has 0 bridgehead atoms. The van der Waals surface area contributed by atoms with Crippen molar-refractivity contribution in [2.45, 2.75) is 6.42 Å². The van der Waals surface area contributed by atoms with Gasteiger partial charge in [0.15, 0.2) is 0 Å². The molecule has 0 aliphatic heterocycles. The molecule has 156 valence electrons. The minimum atomic E-state index is 0. The molecule has 0 aliphatic rings. The summed E-state index contributed by atoms with van der Waals surface area (Å²) in [5.41, 5.74) is 6.73. The molecule has 0 saturated carbocycles. The number of hydrogen-bond donors (Lipinski definition) is 0. The van der Waals surface area contributed by atoms with Crippen molar-refractivity contribution in [1.82, 2.24) is 19.9 Å². The van der Waals surface area contributed by atoms with Crippen molar-refractivity contribution in [1.29, 1.82) is 0 Å². The average molecular weight is 597 g/mol. The predicted molar refractivity (Wildman–Crippen MR) is 115 cm³/mol. The molecule has 0 amide bonds. The molecule has 2 aromatic carbocycles. The van der Waals surface area contributed by atoms with Gasteiger partial charge in [-0.05, 0) is 29.9 Å². The molecule has 0 radical (unpaired) electrons. The van der Waals surface area contributed by atoms with E-state index in [1.807, 2.05) is 24.3 Å². The number of nitrogens with zero attached hydrogens (tertiary/aromatic N) is 4. The molecule has 6 nitrogen and oxygen atoms in total. The summed E-state index contributed by atoms with van der Waals surface area (Å²) in [4.78, 5) is 16.8. The van der Waals surface area contributed by atoms with Gasteiger partial charge in [-0.25, -0.2) is 9.97 Å². The van der Waals surface area contributed by atoms with Crippen molar-refractivity contribution >= 4 is 21.9 Å². The predicted octanol–water partition coefficient (Wildman–Crippen LogP) is 5.28. The Morgan fingerprint density at radius 1 is 0.688 bits per heavy atom. The third-order valence-electron chi connectivity index (χ3n) is 5.13. The molecule has 6 rings (SSSR count). The van der Waals surface area contributed by atoms with Crippen LogP contribution < -0.4 is 0 Å². The first-order chi connectivity index (χ1) is 15.3. The molecule has 4 aromatic heterocycles. The number of benzene rings is 2. The third kappa shape index (κ3) is 3.63. The molecule has 0 atom stereocenters. The van der Waals surface area contributed by atoms with Crippen LogP contribution in [0.1, 0.15) is 11.1 Å². The third-order valence-corrected chi connectivity index (χ3v) is 5.13. The summed E-state index contributed by atoms with van der Waals surface area (Å²) < 4.78 is 11.4. The number of furan rings is 2. The number of aromatic nitrogens is 4. The van der Waals surface area contributed by atoms with E-state index in [9.17, 15) is 0 Å². The first-order valence-corrected chi connectivity index (χ1v) is 9.73. The van der Waals surface area contributed by atoms with Gasteiger partial charge in [0, 0.05) is 12.4 Å². The SMILES string of the molecule is [Pt+2].[c-]1c(Cc2[c-]c(-c3ccncn3)c3occc3c2)cc2ccoc2c1-c1ccncn1. The summed E-state index contributed by atoms with van der Waals surface area (Å²) in [6.07, 6.45) is 10.5. The Morgan fingerprint density at radius 2 is 1.19 bits per heavy atom. The topological polar surface area (TPSA) is 77.8 Å². The van der Waals surface area contributed by atoms with Crippen LogP contribution in [0.25, 0.3) is 44.5 Å². The van der Waals surface area contributed by atoms with Gasteiger partial charge in [0.05, 0.1) is 23.7 Å². The maximum absolute atomic E-state index is 5.71. The Balaban J connectivity index is 0.00000216. The second-order valence-corrected chi connectivity index (χ2v) is 7.12. The quantitative estimate of drug-likeness (QED) is 0.258. The van der Waals surface area contributed by atoms with Crippen molar-refractivity contribution in [2.24, 2.45) is 0 Å². The number of fused-ring (bicyclic) bond motifs is 2. The van der Waals surface area contributed by atoms with Crippen LogP contribution >= 0.6 is 0 Å². The molecular weight excluding hydrogens is 583 g/mol. The van der Waals surface area contributed by atoms with E-state index in [2.05, 4.69) is 44.2 Å². The molecule has 32 heavy (non-hydrogen) atoms. The standard InChI is InChI=1S/C25H14N4O2.Pt/c1-5-26-14-28-22(1)20-12-16(10-18-3-7-30-24(18)20)9-17-11-19-4-8-31-25(19)21(13-17)23-2-6-27-15-29-23;/h1-8,10-11,14-15H,9H2;/q-2;+2. The Bertz CT molecular complexity index is 1400. The monoisotopic (exact) mass is 597 g/mol. The van der Waals surface area contributed by atoms with Gasteiger partial charge in [0.25, 0.3) is 0 Å². The summed E-state index contributed by atoms with van der Waals surface area (Å²) in [5.74, 6) is 0. The van der Waals surface area contributed by atoms with E-state index >= 15 is 0 Å². The minimum Gasteiger partial charge on any atom is -0.508 e. The zero-order valence-corrected chi connectivity index (χ0v) is 18.8. The van der Waals surface area contributed by atoms with Crippen molar-refractivity contribution in [3.63, 3.8) is 0 Å². The van der Waals surface area contributed by atoms with Gasteiger partial charge in [-0.2, -0.15) is 0 Å². The number of hydrogen-bond acceptors (Lipinski definition) is 6. The Hall–Kier alpha value is -3.63. The van der Waals surface area contributed by atoms with Crippen LogP contribution in [0.15, 0.2) is 82.8 Å². The zero-order chi connectivity index (χ0) is 20.6. The first-order valence-electron chi connectivity index (χ1n) is 9.73. The summed E-state index contributed by atoms with van der Waals surface area (Å²) >= 11 is 0. The smallest absolute Gasteiger partial charge is 0.508 e. The fourth-order valence-corrected chi connectivity index (χ4v) is 3.79. The van der Waals surface area contributed by atoms with Crippen molar-refractivity contribution in [3.8, 4) is 22.5 Å². The fraction of sp³-hybridized carbons (Fsp3) is 0.0400. The van der Waals surface area contributed by atoms with Crippen LogP contribution in [0.5, 0.6) is 0 Å². The van der Waals surface area contributed by atoms with Crippen molar-refractivity contribution < 1.29 is 29.9 Å². The van der Waals surface area contributed by atoms with Crippen molar-refractivity contribution in [2.75, 3.05) is 0 Å². The maximum atomic E-state index is 5.71. The van der Waals surface area contributed by atoms with Crippen LogP contribution in [0.2, 0.25) is 0 Å². The van der Waals surface area contributed by atoms with E-state index < -0.39 is 0 Å². The minimum absolute atomic E-state index is 0. The molecule has 0 N–H and O–H groups in total. The van der Waals surface area contributed by atoms with Crippen LogP contribution in [0.4, 0.5) is 0 Å². The Labute approximate surface area is 197 Å². The van der Waals surface area contributed by atoms with Gasteiger partial charge >= 0.3 is 21.1 Å². The Morgan fingerprint density at radius 3 is 1.62 bits per heavy atom. The average Bonchev–Trinajstić information content (AvgIpc) is 3.48. The van der Waals surface area contributed by atoms with Crippen molar-refractivity contribution in [3.05, 3.63) is 97.2 Å². The van der Waals surface area contributed by atoms with Gasteiger partial charge in [-0.15, -0.1) is 35.4 Å². The molecule has 0 aliphatic carbocycles. The zero-order valence-electron chi connectivity index (χ0n) is 16.6. The van der Waals surface area contributed by atoms with E-state index in [0.717, 1.165) is 55.6 Å². The summed E-state index contributed by atoms with van der Waals surface area (Å²) in [6, 6.07) is 18.8. The van der Waals surface area contributed by atoms with E-state index in [1.165, 1.54) is 12.7 Å². The molecule has 7 heteroatoms. The molecule has 0 unspecified atom stereocenters. The van der Waals surface area contributed by atoms with E-state index in [1.54, 1.807) is 24.9 Å². The molecule has 0 saturated heterocycles. The fourth-order valence-electron chi connectivity index (χ4n) is 3.79. The second-order valence-electron chi connectivity index (χ2n) is 7.12. The van der Waals surface area contributed by atoms with E-state index in [-0.39, 0.29) is 21.1 Å². The molecule has 0 spiro atoms. The summed E-state index contributed by atoms with van der Waals surface area (Å²) in [6.45, 7) is 0. The van der Waals surface area contributed by atoms with Gasteiger partial charge in [0.1, 0.15) is 12.7 Å². The van der Waals surface area contributed by atoms with Gasteiger partial charge in [-0.1, -0.05) is 34.0 Å². The molecule has 4 heterocycles. The summed E-state index contributed by atoms with van der Waals surface area (Å²) in [5, 5.41) is 2.01. The normalized spacial score (nSPS) is 11.0. The van der Waals surface area contributed by atoms with Crippen LogP contribution in [-0.4, -0.2) is 19.9 Å². The van der Waals surface area contributed by atoms with Gasteiger partial charge in [-0.3, -0.25) is 9.97 Å². The second kappa shape index (κ2) is 8.48. The first kappa shape index (κ1) is 20.3. The summed E-state index contributed by atoms with van der Waals surface area (Å²) in [7, 11) is 0. The maximum Gasteiger partial charge on any atom is 2.00 e. The van der Waals surface area contributed by atoms with Crippen LogP contribution in [0.3, 0.4) is 0 Å².